The maximum atomic E-state index is 10.4. The van der Waals surface area contributed by atoms with Gasteiger partial charge < -0.3 is 4.55 Å². The predicted octanol–water partition coefficient (Wildman–Crippen LogP) is -1.62. The molecule has 0 aliphatic rings. The van der Waals surface area contributed by atoms with Crippen molar-refractivity contribution in [3.63, 3.8) is 0 Å². The van der Waals surface area contributed by atoms with Crippen LogP contribution in [-0.4, -0.2) is 13.0 Å². The van der Waals surface area contributed by atoms with Crippen LogP contribution in [0.1, 0.15) is 11.1 Å². The van der Waals surface area contributed by atoms with Crippen molar-refractivity contribution in [1.82, 2.24) is 0 Å². The Labute approximate surface area is 95.8 Å². The van der Waals surface area contributed by atoms with Crippen LogP contribution in [0.25, 0.3) is 6.08 Å². The van der Waals surface area contributed by atoms with Gasteiger partial charge in [-0.1, -0.05) is 36.9 Å². The number of rotatable bonds is 3. The summed E-state index contributed by atoms with van der Waals surface area (Å²) in [5.74, 6) is -0.454. The van der Waals surface area contributed by atoms with E-state index < -0.39 is 15.9 Å². The van der Waals surface area contributed by atoms with Crippen LogP contribution in [0.4, 0.5) is 0 Å². The molecule has 0 fully saturated rings. The third-order valence-corrected chi connectivity index (χ3v) is 2.25. The maximum absolute atomic E-state index is 10.4. The largest absolute Gasteiger partial charge is 1.00 e. The molecule has 0 aromatic heterocycles. The van der Waals surface area contributed by atoms with Crippen molar-refractivity contribution < 1.29 is 31.8 Å². The molecule has 0 atom stereocenters. The molecule has 5 heteroatoms. The molecule has 1 aromatic carbocycles. The first-order chi connectivity index (χ1) is 6.01. The molecule has 0 N–H and O–H groups in total. The van der Waals surface area contributed by atoms with E-state index >= 15 is 0 Å². The summed E-state index contributed by atoms with van der Waals surface area (Å²) in [7, 11) is -4.17. The number of hydrogen-bond acceptors (Lipinski definition) is 3. The van der Waals surface area contributed by atoms with Crippen molar-refractivity contribution >= 4 is 16.2 Å². The first-order valence-corrected chi connectivity index (χ1v) is 5.24. The summed E-state index contributed by atoms with van der Waals surface area (Å²) < 4.78 is 31.1. The van der Waals surface area contributed by atoms with Crippen molar-refractivity contribution in [2.24, 2.45) is 0 Å². The maximum Gasteiger partial charge on any atom is 1.00 e. The summed E-state index contributed by atoms with van der Waals surface area (Å²) in [6.45, 7) is 3.56. The van der Waals surface area contributed by atoms with Gasteiger partial charge in [-0.15, -0.1) is 0 Å². The second kappa shape index (κ2) is 5.37. The molecule has 0 amide bonds. The molecule has 0 spiro atoms. The minimum absolute atomic E-state index is 0. The quantitative estimate of drug-likeness (QED) is 0.439. The van der Waals surface area contributed by atoms with Gasteiger partial charge in [-0.25, -0.2) is 8.42 Å². The zero-order valence-corrected chi connectivity index (χ0v) is 8.75. The van der Waals surface area contributed by atoms with Crippen LogP contribution < -0.4 is 18.9 Å². The Kier molecular flexibility index (Phi) is 5.17. The molecule has 0 aliphatic carbocycles. The van der Waals surface area contributed by atoms with Crippen molar-refractivity contribution in [1.29, 1.82) is 0 Å². The van der Waals surface area contributed by atoms with Crippen LogP contribution in [0.2, 0.25) is 0 Å². The molecule has 0 saturated carbocycles. The van der Waals surface area contributed by atoms with E-state index in [1.165, 1.54) is 0 Å². The van der Waals surface area contributed by atoms with E-state index in [0.717, 1.165) is 5.56 Å². The topological polar surface area (TPSA) is 57.2 Å². The third-order valence-electron chi connectivity index (χ3n) is 1.56. The van der Waals surface area contributed by atoms with Gasteiger partial charge in [0.15, 0.2) is 0 Å². The molecule has 0 unspecified atom stereocenters. The molecule has 14 heavy (non-hydrogen) atoms. The van der Waals surface area contributed by atoms with E-state index in [2.05, 4.69) is 6.58 Å². The molecule has 0 heterocycles. The zero-order chi connectivity index (χ0) is 9.90. The minimum atomic E-state index is -4.17. The van der Waals surface area contributed by atoms with Gasteiger partial charge in [0.05, 0.1) is 15.9 Å². The number of benzene rings is 1. The smallest absolute Gasteiger partial charge is 0.748 e. The van der Waals surface area contributed by atoms with Crippen LogP contribution >= 0.6 is 0 Å². The molecular formula is C9H9LiO3S. The monoisotopic (exact) mass is 204 g/mol. The summed E-state index contributed by atoms with van der Waals surface area (Å²) in [6.07, 6.45) is 1.65. The summed E-state index contributed by atoms with van der Waals surface area (Å²) >= 11 is 0. The summed E-state index contributed by atoms with van der Waals surface area (Å²) in [6, 6.07) is 6.64. The van der Waals surface area contributed by atoms with E-state index in [1.54, 1.807) is 30.3 Å². The summed E-state index contributed by atoms with van der Waals surface area (Å²) in [5, 5.41) is 0. The van der Waals surface area contributed by atoms with Gasteiger partial charge in [-0.05, 0) is 11.1 Å². The fourth-order valence-electron chi connectivity index (χ4n) is 0.954. The van der Waals surface area contributed by atoms with Crippen molar-refractivity contribution in [2.45, 2.75) is 5.75 Å². The van der Waals surface area contributed by atoms with E-state index in [1.807, 2.05) is 0 Å². The van der Waals surface area contributed by atoms with Crippen molar-refractivity contribution in [2.75, 3.05) is 0 Å². The van der Waals surface area contributed by atoms with Crippen LogP contribution in [-0.2, 0) is 15.9 Å². The fraction of sp³-hybridized carbons (Fsp3) is 0.111. The van der Waals surface area contributed by atoms with Gasteiger partial charge in [0.25, 0.3) is 0 Å². The van der Waals surface area contributed by atoms with E-state index in [4.69, 9.17) is 0 Å². The van der Waals surface area contributed by atoms with Crippen LogP contribution in [0.3, 0.4) is 0 Å². The second-order valence-corrected chi connectivity index (χ2v) is 4.05. The Hall–Kier alpha value is -0.533. The average molecular weight is 204 g/mol. The van der Waals surface area contributed by atoms with Crippen molar-refractivity contribution in [3.05, 3.63) is 42.0 Å². The first kappa shape index (κ1) is 13.5. The molecule has 0 aliphatic heterocycles. The predicted molar refractivity (Wildman–Crippen MR) is 49.9 cm³/mol. The molecule has 3 nitrogen and oxygen atoms in total. The zero-order valence-electron chi connectivity index (χ0n) is 7.93. The standard InChI is InChI=1S/C9H10O3S.Li/c1-2-8-3-5-9(6-4-8)7-13(10,11)12;/h2-6H,1,7H2,(H,10,11,12);/q;+1/p-1. The minimum Gasteiger partial charge on any atom is -0.748 e. The van der Waals surface area contributed by atoms with Crippen LogP contribution in [0.5, 0.6) is 0 Å². The Morgan fingerprint density at radius 2 is 1.79 bits per heavy atom. The number of hydrogen-bond donors (Lipinski definition) is 0. The van der Waals surface area contributed by atoms with Crippen LogP contribution in [0, 0.1) is 0 Å². The third kappa shape index (κ3) is 4.63. The molecule has 0 radical (unpaired) electrons. The van der Waals surface area contributed by atoms with E-state index in [0.29, 0.717) is 5.56 Å². The van der Waals surface area contributed by atoms with Gasteiger partial charge in [0.2, 0.25) is 0 Å². The van der Waals surface area contributed by atoms with Gasteiger partial charge in [-0.2, -0.15) is 0 Å². The SMILES string of the molecule is C=Cc1ccc(CS(=O)(=O)[O-])cc1.[Li+]. The Bertz CT molecular complexity index is 395. The normalized spacial score (nSPS) is 10.4. The van der Waals surface area contributed by atoms with Gasteiger partial charge in [0.1, 0.15) is 0 Å². The van der Waals surface area contributed by atoms with Gasteiger partial charge in [-0.3, -0.25) is 0 Å². The van der Waals surface area contributed by atoms with E-state index in [9.17, 15) is 13.0 Å². The molecule has 0 saturated heterocycles. The Balaban J connectivity index is 0.00000169. The van der Waals surface area contributed by atoms with E-state index in [-0.39, 0.29) is 18.9 Å². The average Bonchev–Trinajstić information content (AvgIpc) is 2.03. The Morgan fingerprint density at radius 3 is 2.14 bits per heavy atom. The van der Waals surface area contributed by atoms with Crippen molar-refractivity contribution in [3.8, 4) is 0 Å². The molecule has 0 bridgehead atoms. The van der Waals surface area contributed by atoms with Gasteiger partial charge >= 0.3 is 18.9 Å². The molecular weight excluding hydrogens is 195 g/mol. The molecule has 70 valence electrons. The first-order valence-electron chi connectivity index (χ1n) is 3.66. The summed E-state index contributed by atoms with van der Waals surface area (Å²) in [5.41, 5.74) is 1.40. The second-order valence-electron chi connectivity index (χ2n) is 2.65. The molecule has 1 aromatic rings. The van der Waals surface area contributed by atoms with Crippen LogP contribution in [0.15, 0.2) is 30.8 Å². The fourth-order valence-corrected chi connectivity index (χ4v) is 1.55. The Morgan fingerprint density at radius 1 is 1.29 bits per heavy atom. The summed E-state index contributed by atoms with van der Waals surface area (Å²) in [4.78, 5) is 0. The van der Waals surface area contributed by atoms with Gasteiger partial charge in [0, 0.05) is 0 Å². The molecule has 1 rings (SSSR count).